The lowest BCUT2D eigenvalue weighted by molar-refractivity contribution is -0.125. The quantitative estimate of drug-likeness (QED) is 0.520. The van der Waals surface area contributed by atoms with Crippen LogP contribution in [0.3, 0.4) is 0 Å². The normalized spacial score (nSPS) is 47.3. The molecule has 0 aromatic carbocycles. The zero-order valence-electron chi connectivity index (χ0n) is 11.1. The van der Waals surface area contributed by atoms with E-state index in [0.29, 0.717) is 11.3 Å². The number of carbonyl (C=O) groups excluding carboxylic acids is 1. The van der Waals surface area contributed by atoms with E-state index in [2.05, 4.69) is 26.0 Å². The zero-order chi connectivity index (χ0) is 12.1. The summed E-state index contributed by atoms with van der Waals surface area (Å²) in [6.07, 6.45) is 13.2. The molecule has 3 rings (SSSR count). The van der Waals surface area contributed by atoms with Crippen molar-refractivity contribution in [1.29, 1.82) is 0 Å². The van der Waals surface area contributed by atoms with Crippen LogP contribution in [0.1, 0.15) is 52.4 Å². The molecule has 1 nitrogen and oxygen atoms in total. The molecule has 94 valence electrons. The summed E-state index contributed by atoms with van der Waals surface area (Å²) in [7, 11) is 0. The van der Waals surface area contributed by atoms with Crippen molar-refractivity contribution in [1.82, 2.24) is 0 Å². The molecular formula is C16H24O. The summed E-state index contributed by atoms with van der Waals surface area (Å²) in [4.78, 5) is 11.8. The van der Waals surface area contributed by atoms with Crippen LogP contribution in [0.25, 0.3) is 0 Å². The van der Waals surface area contributed by atoms with Gasteiger partial charge in [-0.1, -0.05) is 26.0 Å². The van der Waals surface area contributed by atoms with Gasteiger partial charge in [-0.3, -0.25) is 0 Å². The van der Waals surface area contributed by atoms with Gasteiger partial charge in [-0.15, -0.1) is 0 Å². The Hall–Kier alpha value is -0.590. The Bertz CT molecular complexity index is 355. The minimum absolute atomic E-state index is 0.0297. The van der Waals surface area contributed by atoms with E-state index in [0.717, 1.165) is 31.1 Å². The molecule has 3 aliphatic rings. The van der Waals surface area contributed by atoms with Gasteiger partial charge in [0.2, 0.25) is 0 Å². The molecule has 2 bridgehead atoms. The lowest BCUT2D eigenvalue weighted by Crippen LogP contribution is -2.45. The molecule has 3 aliphatic carbocycles. The first kappa shape index (κ1) is 11.5. The van der Waals surface area contributed by atoms with Crippen molar-refractivity contribution in [3.05, 3.63) is 12.2 Å². The lowest BCUT2D eigenvalue weighted by atomic mass is 9.55. The van der Waals surface area contributed by atoms with Crippen molar-refractivity contribution in [2.45, 2.75) is 52.4 Å². The van der Waals surface area contributed by atoms with Crippen LogP contribution in [0.4, 0.5) is 0 Å². The summed E-state index contributed by atoms with van der Waals surface area (Å²) in [6, 6.07) is 0. The van der Waals surface area contributed by atoms with Crippen LogP contribution < -0.4 is 0 Å². The maximum atomic E-state index is 11.8. The summed E-state index contributed by atoms with van der Waals surface area (Å²) in [5.41, 5.74) is 0.354. The fraction of sp³-hybridized carbons (Fsp3) is 0.812. The molecule has 1 heteroatoms. The predicted octanol–water partition coefficient (Wildman–Crippen LogP) is 3.98. The molecule has 0 aliphatic heterocycles. The Labute approximate surface area is 105 Å². The molecular weight excluding hydrogens is 208 g/mol. The van der Waals surface area contributed by atoms with Gasteiger partial charge < -0.3 is 4.79 Å². The van der Waals surface area contributed by atoms with Crippen molar-refractivity contribution in [3.8, 4) is 0 Å². The summed E-state index contributed by atoms with van der Waals surface area (Å²) >= 11 is 0. The molecule has 4 atom stereocenters. The zero-order valence-corrected chi connectivity index (χ0v) is 11.1. The van der Waals surface area contributed by atoms with E-state index in [-0.39, 0.29) is 5.41 Å². The van der Waals surface area contributed by atoms with Gasteiger partial charge in [0, 0.05) is 5.41 Å². The fourth-order valence-electron chi connectivity index (χ4n) is 5.40. The maximum Gasteiger partial charge on any atom is 0.126 e. The Kier molecular flexibility index (Phi) is 2.50. The molecule has 2 saturated carbocycles. The summed E-state index contributed by atoms with van der Waals surface area (Å²) in [5.74, 6) is 2.34. The third-order valence-corrected chi connectivity index (χ3v) is 6.09. The number of hydrogen-bond donors (Lipinski definition) is 0. The smallest absolute Gasteiger partial charge is 0.126 e. The fourth-order valence-corrected chi connectivity index (χ4v) is 5.40. The van der Waals surface area contributed by atoms with Crippen LogP contribution >= 0.6 is 0 Å². The molecule has 0 radical (unpaired) electrons. The highest BCUT2D eigenvalue weighted by molar-refractivity contribution is 5.61. The topological polar surface area (TPSA) is 17.1 Å². The first-order valence-electron chi connectivity index (χ1n) is 7.21. The van der Waals surface area contributed by atoms with Crippen LogP contribution in [0, 0.1) is 28.6 Å². The number of rotatable bonds is 2. The van der Waals surface area contributed by atoms with Crippen LogP contribution in [-0.2, 0) is 4.79 Å². The predicted molar refractivity (Wildman–Crippen MR) is 69.6 cm³/mol. The molecule has 0 saturated heterocycles. The van der Waals surface area contributed by atoms with Crippen LogP contribution in [-0.4, -0.2) is 6.29 Å². The lowest BCUT2D eigenvalue weighted by Gasteiger charge is -2.48. The molecule has 0 spiro atoms. The van der Waals surface area contributed by atoms with E-state index < -0.39 is 0 Å². The first-order valence-corrected chi connectivity index (χ1v) is 7.21. The number of fused-ring (bicyclic) bond motifs is 2. The molecule has 0 amide bonds. The van der Waals surface area contributed by atoms with Crippen LogP contribution in [0.15, 0.2) is 12.2 Å². The van der Waals surface area contributed by atoms with Gasteiger partial charge in [0.05, 0.1) is 0 Å². The van der Waals surface area contributed by atoms with Crippen molar-refractivity contribution >= 4 is 6.29 Å². The average molecular weight is 232 g/mol. The van der Waals surface area contributed by atoms with E-state index in [1.54, 1.807) is 0 Å². The largest absolute Gasteiger partial charge is 0.303 e. The van der Waals surface area contributed by atoms with Gasteiger partial charge in [-0.2, -0.15) is 0 Å². The van der Waals surface area contributed by atoms with Crippen LogP contribution in [0.2, 0.25) is 0 Å². The molecule has 0 aromatic rings. The average Bonchev–Trinajstić information content (AvgIpc) is 2.88. The van der Waals surface area contributed by atoms with Gasteiger partial charge in [-0.25, -0.2) is 0 Å². The minimum atomic E-state index is -0.0297. The summed E-state index contributed by atoms with van der Waals surface area (Å²) < 4.78 is 0. The first-order chi connectivity index (χ1) is 8.10. The highest BCUT2D eigenvalue weighted by atomic mass is 16.1. The number of carbonyl (C=O) groups is 1. The second-order valence-corrected chi connectivity index (χ2v) is 7.13. The summed E-state index contributed by atoms with van der Waals surface area (Å²) in [5, 5.41) is 0. The standard InChI is InChI=1S/C16H24O/c1-15(2)13-7-6-12(10-13)14(15)16(11-17)8-4-3-5-9-16/h3-4,11-14H,5-10H2,1-2H3. The SMILES string of the molecule is CC1(C)C2CCC(C2)C1C1(C=O)CC=CCC1. The number of aldehydes is 1. The van der Waals surface area contributed by atoms with Gasteiger partial charge in [0.1, 0.15) is 6.29 Å². The summed E-state index contributed by atoms with van der Waals surface area (Å²) in [6.45, 7) is 4.84. The molecule has 0 N–H and O–H groups in total. The maximum absolute atomic E-state index is 11.8. The van der Waals surface area contributed by atoms with Crippen LogP contribution in [0.5, 0.6) is 0 Å². The van der Waals surface area contributed by atoms with Gasteiger partial charge in [0.25, 0.3) is 0 Å². The van der Waals surface area contributed by atoms with E-state index >= 15 is 0 Å². The number of hydrogen-bond acceptors (Lipinski definition) is 1. The highest BCUT2D eigenvalue weighted by Gasteiger charge is 2.59. The van der Waals surface area contributed by atoms with Gasteiger partial charge >= 0.3 is 0 Å². The van der Waals surface area contributed by atoms with E-state index in [4.69, 9.17) is 0 Å². The highest BCUT2D eigenvalue weighted by Crippen LogP contribution is 2.65. The Balaban J connectivity index is 1.97. The molecule has 2 fully saturated rings. The second kappa shape index (κ2) is 3.70. The van der Waals surface area contributed by atoms with Gasteiger partial charge in [-0.05, 0) is 61.7 Å². The molecule has 0 aromatic heterocycles. The molecule has 4 unspecified atom stereocenters. The third-order valence-electron chi connectivity index (χ3n) is 6.09. The van der Waals surface area contributed by atoms with Crippen molar-refractivity contribution in [2.24, 2.45) is 28.6 Å². The monoisotopic (exact) mass is 232 g/mol. The Morgan fingerprint density at radius 2 is 2.06 bits per heavy atom. The van der Waals surface area contributed by atoms with E-state index in [9.17, 15) is 4.79 Å². The van der Waals surface area contributed by atoms with Gasteiger partial charge in [0.15, 0.2) is 0 Å². The van der Waals surface area contributed by atoms with Crippen molar-refractivity contribution in [2.75, 3.05) is 0 Å². The second-order valence-electron chi connectivity index (χ2n) is 7.13. The van der Waals surface area contributed by atoms with E-state index in [1.807, 2.05) is 0 Å². The molecule has 17 heavy (non-hydrogen) atoms. The van der Waals surface area contributed by atoms with Crippen molar-refractivity contribution in [3.63, 3.8) is 0 Å². The molecule has 0 heterocycles. The van der Waals surface area contributed by atoms with E-state index in [1.165, 1.54) is 25.5 Å². The number of allylic oxidation sites excluding steroid dienone is 2. The van der Waals surface area contributed by atoms with Crippen molar-refractivity contribution < 1.29 is 4.79 Å². The third kappa shape index (κ3) is 1.47. The Morgan fingerprint density at radius 1 is 1.24 bits per heavy atom. The Morgan fingerprint density at radius 3 is 2.59 bits per heavy atom. The minimum Gasteiger partial charge on any atom is -0.303 e.